The van der Waals surface area contributed by atoms with Crippen LogP contribution in [0.1, 0.15) is 65.2 Å². The minimum absolute atomic E-state index is 0.0711. The number of hydrogen-bond donors (Lipinski definition) is 1. The first-order valence-electron chi connectivity index (χ1n) is 7.86. The second-order valence-corrected chi connectivity index (χ2v) is 6.02. The second-order valence-electron chi connectivity index (χ2n) is 6.02. The Morgan fingerprint density at radius 1 is 1.45 bits per heavy atom. The molecule has 1 N–H and O–H groups in total. The lowest BCUT2D eigenvalue weighted by atomic mass is 9.86. The van der Waals surface area contributed by atoms with Gasteiger partial charge in [-0.2, -0.15) is 5.10 Å². The summed E-state index contributed by atoms with van der Waals surface area (Å²) in [5.74, 6) is 1.02. The molecule has 2 rings (SSSR count). The Labute approximate surface area is 122 Å². The maximum atomic E-state index is 6.02. The van der Waals surface area contributed by atoms with E-state index >= 15 is 0 Å². The van der Waals surface area contributed by atoms with Crippen molar-refractivity contribution in [3.63, 3.8) is 0 Å². The molecular weight excluding hydrogens is 252 g/mol. The predicted octanol–water partition coefficient (Wildman–Crippen LogP) is 2.69. The van der Waals surface area contributed by atoms with E-state index in [2.05, 4.69) is 43.1 Å². The molecule has 0 amide bonds. The van der Waals surface area contributed by atoms with Gasteiger partial charge in [-0.05, 0) is 39.5 Å². The third-order valence-electron chi connectivity index (χ3n) is 4.47. The molecule has 20 heavy (non-hydrogen) atoms. The van der Waals surface area contributed by atoms with Gasteiger partial charge in [0.1, 0.15) is 12.2 Å². The summed E-state index contributed by atoms with van der Waals surface area (Å²) in [7, 11) is 0. The minimum atomic E-state index is 0.0711. The third-order valence-corrected chi connectivity index (χ3v) is 4.47. The molecule has 5 heteroatoms. The number of aromatic nitrogens is 3. The molecule has 1 unspecified atom stereocenters. The molecule has 5 nitrogen and oxygen atoms in total. The molecule has 2 heterocycles. The van der Waals surface area contributed by atoms with Crippen LogP contribution >= 0.6 is 0 Å². The summed E-state index contributed by atoms with van der Waals surface area (Å²) in [4.78, 5) is 4.36. The van der Waals surface area contributed by atoms with E-state index in [1.54, 1.807) is 6.33 Å². The lowest BCUT2D eigenvalue weighted by Crippen LogP contribution is -2.46. The normalized spacial score (nSPS) is 22.4. The number of nitrogens with one attached hydrogen (secondary N) is 1. The van der Waals surface area contributed by atoms with Gasteiger partial charge in [0.05, 0.1) is 12.1 Å². The van der Waals surface area contributed by atoms with Crippen LogP contribution in [0.3, 0.4) is 0 Å². The zero-order valence-corrected chi connectivity index (χ0v) is 13.2. The van der Waals surface area contributed by atoms with Crippen LogP contribution in [-0.2, 0) is 11.3 Å². The van der Waals surface area contributed by atoms with Crippen LogP contribution in [0.5, 0.6) is 0 Å². The minimum Gasteiger partial charge on any atom is -0.375 e. The first-order valence-corrected chi connectivity index (χ1v) is 7.86. The maximum Gasteiger partial charge on any atom is 0.141 e. The van der Waals surface area contributed by atoms with Gasteiger partial charge >= 0.3 is 0 Å². The quantitative estimate of drug-likeness (QED) is 0.870. The summed E-state index contributed by atoms with van der Waals surface area (Å²) < 4.78 is 8.01. The van der Waals surface area contributed by atoms with Crippen molar-refractivity contribution in [3.05, 3.63) is 12.2 Å². The zero-order valence-electron chi connectivity index (χ0n) is 13.2. The number of nitrogens with zero attached hydrogens (tertiary/aromatic N) is 3. The van der Waals surface area contributed by atoms with Crippen molar-refractivity contribution in [2.45, 2.75) is 77.6 Å². The highest BCUT2D eigenvalue weighted by atomic mass is 16.5. The molecule has 0 radical (unpaired) electrons. The van der Waals surface area contributed by atoms with Crippen LogP contribution in [0, 0.1) is 0 Å². The molecule has 1 fully saturated rings. The maximum absolute atomic E-state index is 6.02. The van der Waals surface area contributed by atoms with E-state index in [9.17, 15) is 0 Å². The third kappa shape index (κ3) is 3.38. The lowest BCUT2D eigenvalue weighted by molar-refractivity contribution is -0.0933. The zero-order chi connectivity index (χ0) is 14.6. The van der Waals surface area contributed by atoms with Crippen molar-refractivity contribution >= 4 is 0 Å². The molecule has 0 saturated carbocycles. The van der Waals surface area contributed by atoms with E-state index in [0.717, 1.165) is 44.7 Å². The number of hydrogen-bond acceptors (Lipinski definition) is 4. The van der Waals surface area contributed by atoms with Crippen LogP contribution in [0.4, 0.5) is 0 Å². The molecule has 1 atom stereocenters. The Bertz CT molecular complexity index is 412. The Morgan fingerprint density at radius 3 is 2.85 bits per heavy atom. The Morgan fingerprint density at radius 2 is 2.20 bits per heavy atom. The van der Waals surface area contributed by atoms with Crippen LogP contribution in [0.2, 0.25) is 0 Å². The van der Waals surface area contributed by atoms with Crippen LogP contribution < -0.4 is 5.32 Å². The smallest absolute Gasteiger partial charge is 0.141 e. The number of ether oxygens (including phenoxy) is 1. The molecule has 1 aliphatic rings. The van der Waals surface area contributed by atoms with E-state index < -0.39 is 0 Å². The van der Waals surface area contributed by atoms with E-state index in [4.69, 9.17) is 4.74 Å². The van der Waals surface area contributed by atoms with Crippen LogP contribution in [-0.4, -0.2) is 33.0 Å². The Balaban J connectivity index is 1.92. The van der Waals surface area contributed by atoms with Gasteiger partial charge in [-0.25, -0.2) is 9.67 Å². The van der Waals surface area contributed by atoms with Crippen molar-refractivity contribution in [3.8, 4) is 0 Å². The van der Waals surface area contributed by atoms with Crippen molar-refractivity contribution in [2.24, 2.45) is 0 Å². The Hall–Kier alpha value is -0.940. The molecule has 0 aliphatic carbocycles. The van der Waals surface area contributed by atoms with Gasteiger partial charge in [-0.1, -0.05) is 13.8 Å². The topological polar surface area (TPSA) is 52.0 Å². The molecule has 1 aromatic heterocycles. The number of rotatable bonds is 6. The monoisotopic (exact) mass is 280 g/mol. The highest BCUT2D eigenvalue weighted by Gasteiger charge is 2.34. The summed E-state index contributed by atoms with van der Waals surface area (Å²) in [5.41, 5.74) is 0.0711. The average molecular weight is 280 g/mol. The van der Waals surface area contributed by atoms with Crippen molar-refractivity contribution < 1.29 is 4.74 Å². The molecule has 1 aromatic rings. The summed E-state index contributed by atoms with van der Waals surface area (Å²) in [6.45, 7) is 10.3. The fraction of sp³-hybridized carbons (Fsp3) is 0.867. The fourth-order valence-electron chi connectivity index (χ4n) is 3.01. The first-order chi connectivity index (χ1) is 9.60. The largest absolute Gasteiger partial charge is 0.375 e. The van der Waals surface area contributed by atoms with Gasteiger partial charge in [-0.15, -0.1) is 0 Å². The van der Waals surface area contributed by atoms with Gasteiger partial charge < -0.3 is 10.1 Å². The van der Waals surface area contributed by atoms with Gasteiger partial charge in [-0.3, -0.25) is 0 Å². The van der Waals surface area contributed by atoms with Crippen molar-refractivity contribution in [1.82, 2.24) is 20.1 Å². The molecule has 0 aromatic carbocycles. The standard InChI is InChI=1S/C15H28N4O/c1-5-15(6-2)9-13(7-8-20-15)16-10-14-17-11-18-19(14)12(3)4/h11-13,16H,5-10H2,1-4H3. The average Bonchev–Trinajstić information content (AvgIpc) is 2.94. The van der Waals surface area contributed by atoms with E-state index in [1.807, 2.05) is 4.68 Å². The summed E-state index contributed by atoms with van der Waals surface area (Å²) in [5, 5.41) is 7.92. The van der Waals surface area contributed by atoms with E-state index in [1.165, 1.54) is 0 Å². The fourth-order valence-corrected chi connectivity index (χ4v) is 3.01. The molecule has 1 saturated heterocycles. The molecule has 0 bridgehead atoms. The van der Waals surface area contributed by atoms with E-state index in [0.29, 0.717) is 12.1 Å². The first kappa shape index (κ1) is 15.4. The van der Waals surface area contributed by atoms with Crippen molar-refractivity contribution in [2.75, 3.05) is 6.61 Å². The predicted molar refractivity (Wildman–Crippen MR) is 79.5 cm³/mol. The molecular formula is C15H28N4O. The second kappa shape index (κ2) is 6.68. The molecule has 0 spiro atoms. The van der Waals surface area contributed by atoms with Gasteiger partial charge in [0, 0.05) is 18.7 Å². The highest BCUT2D eigenvalue weighted by molar-refractivity contribution is 4.91. The molecule has 1 aliphatic heterocycles. The Kier molecular flexibility index (Phi) is 5.16. The van der Waals surface area contributed by atoms with Crippen molar-refractivity contribution in [1.29, 1.82) is 0 Å². The summed E-state index contributed by atoms with van der Waals surface area (Å²) in [6.07, 6.45) is 5.99. The van der Waals surface area contributed by atoms with Gasteiger partial charge in [0.2, 0.25) is 0 Å². The molecule has 114 valence electrons. The summed E-state index contributed by atoms with van der Waals surface area (Å²) >= 11 is 0. The van der Waals surface area contributed by atoms with Crippen LogP contribution in [0.15, 0.2) is 6.33 Å². The highest BCUT2D eigenvalue weighted by Crippen LogP contribution is 2.31. The summed E-state index contributed by atoms with van der Waals surface area (Å²) in [6, 6.07) is 0.871. The van der Waals surface area contributed by atoms with Gasteiger partial charge in [0.15, 0.2) is 0 Å². The van der Waals surface area contributed by atoms with Crippen LogP contribution in [0.25, 0.3) is 0 Å². The van der Waals surface area contributed by atoms with E-state index in [-0.39, 0.29) is 5.60 Å². The lowest BCUT2D eigenvalue weighted by Gasteiger charge is -2.40. The SMILES string of the molecule is CCC1(CC)CC(NCc2ncnn2C(C)C)CCO1. The van der Waals surface area contributed by atoms with Gasteiger partial charge in [0.25, 0.3) is 0 Å².